The zero-order chi connectivity index (χ0) is 20.1. The van der Waals surface area contributed by atoms with Crippen molar-refractivity contribution in [2.45, 2.75) is 24.9 Å². The highest BCUT2D eigenvalue weighted by molar-refractivity contribution is 6.24. The predicted molar refractivity (Wildman–Crippen MR) is 100 cm³/mol. The SMILES string of the molecule is CC[C@@]1(C(=O)OC)N[C@H](c2cnn(C)c2)[C@@H]2C(=O)N(c3ccccc3)C(=O)[C@@H]21. The van der Waals surface area contributed by atoms with E-state index in [9.17, 15) is 14.4 Å². The average molecular weight is 382 g/mol. The minimum Gasteiger partial charge on any atom is -0.468 e. The highest BCUT2D eigenvalue weighted by Crippen LogP contribution is 2.51. The molecular formula is C20H22N4O4. The summed E-state index contributed by atoms with van der Waals surface area (Å²) in [5.41, 5.74) is -0.00424. The van der Waals surface area contributed by atoms with Crippen molar-refractivity contribution in [2.24, 2.45) is 18.9 Å². The molecule has 2 amide bonds. The van der Waals surface area contributed by atoms with Crippen molar-refractivity contribution in [3.05, 3.63) is 48.3 Å². The largest absolute Gasteiger partial charge is 0.468 e. The topological polar surface area (TPSA) is 93.5 Å². The van der Waals surface area contributed by atoms with E-state index in [1.54, 1.807) is 48.4 Å². The Hall–Kier alpha value is -3.00. The number of ether oxygens (including phenoxy) is 1. The van der Waals surface area contributed by atoms with Crippen LogP contribution < -0.4 is 10.2 Å². The molecule has 0 saturated carbocycles. The van der Waals surface area contributed by atoms with Crippen LogP contribution in [0.2, 0.25) is 0 Å². The van der Waals surface area contributed by atoms with Crippen molar-refractivity contribution in [3.8, 4) is 0 Å². The number of imide groups is 1. The number of amides is 2. The van der Waals surface area contributed by atoms with E-state index in [-0.39, 0.29) is 11.8 Å². The summed E-state index contributed by atoms with van der Waals surface area (Å²) in [6.45, 7) is 1.82. The molecule has 1 N–H and O–H groups in total. The van der Waals surface area contributed by atoms with Gasteiger partial charge in [-0.15, -0.1) is 0 Å². The van der Waals surface area contributed by atoms with Gasteiger partial charge in [-0.25, -0.2) is 4.90 Å². The zero-order valence-corrected chi connectivity index (χ0v) is 16.0. The van der Waals surface area contributed by atoms with E-state index < -0.39 is 29.4 Å². The Morgan fingerprint density at radius 1 is 1.25 bits per heavy atom. The highest BCUT2D eigenvalue weighted by Gasteiger charge is 2.68. The third-order valence-corrected chi connectivity index (χ3v) is 5.86. The Morgan fingerprint density at radius 2 is 1.96 bits per heavy atom. The van der Waals surface area contributed by atoms with E-state index >= 15 is 0 Å². The predicted octanol–water partition coefficient (Wildman–Crippen LogP) is 1.19. The zero-order valence-electron chi connectivity index (χ0n) is 16.0. The maximum Gasteiger partial charge on any atom is 0.326 e. The minimum absolute atomic E-state index is 0.318. The van der Waals surface area contributed by atoms with Crippen LogP contribution >= 0.6 is 0 Å². The van der Waals surface area contributed by atoms with Gasteiger partial charge in [0.1, 0.15) is 5.54 Å². The van der Waals surface area contributed by atoms with Crippen LogP contribution in [0.15, 0.2) is 42.7 Å². The smallest absolute Gasteiger partial charge is 0.326 e. The van der Waals surface area contributed by atoms with Crippen molar-refractivity contribution < 1.29 is 19.1 Å². The Balaban J connectivity index is 1.85. The number of methoxy groups -OCH3 is 1. The van der Waals surface area contributed by atoms with Crippen LogP contribution in [0.25, 0.3) is 0 Å². The fourth-order valence-electron chi connectivity index (χ4n) is 4.56. The number of esters is 1. The number of nitrogens with one attached hydrogen (secondary N) is 1. The highest BCUT2D eigenvalue weighted by atomic mass is 16.5. The van der Waals surface area contributed by atoms with Crippen molar-refractivity contribution in [1.29, 1.82) is 0 Å². The van der Waals surface area contributed by atoms with E-state index in [0.717, 1.165) is 5.56 Å². The second kappa shape index (κ2) is 6.56. The van der Waals surface area contributed by atoms with Crippen molar-refractivity contribution >= 4 is 23.5 Å². The Morgan fingerprint density at radius 3 is 2.54 bits per heavy atom. The number of fused-ring (bicyclic) bond motifs is 1. The average Bonchev–Trinajstić information content (AvgIpc) is 3.36. The van der Waals surface area contributed by atoms with Gasteiger partial charge in [-0.3, -0.25) is 24.4 Å². The number of nitrogens with zero attached hydrogens (tertiary/aromatic N) is 3. The van der Waals surface area contributed by atoms with Crippen molar-refractivity contribution in [2.75, 3.05) is 12.0 Å². The van der Waals surface area contributed by atoms with E-state index in [4.69, 9.17) is 4.74 Å². The molecule has 2 aromatic rings. The van der Waals surface area contributed by atoms with Crippen LogP contribution in [-0.2, 0) is 26.2 Å². The number of carbonyl (C=O) groups is 3. The van der Waals surface area contributed by atoms with E-state index in [1.165, 1.54) is 12.0 Å². The molecule has 8 heteroatoms. The number of para-hydroxylation sites is 1. The fourth-order valence-corrected chi connectivity index (χ4v) is 4.56. The maximum atomic E-state index is 13.4. The summed E-state index contributed by atoms with van der Waals surface area (Å²) in [5, 5.41) is 7.46. The number of benzene rings is 1. The molecule has 2 aliphatic rings. The molecule has 0 bridgehead atoms. The van der Waals surface area contributed by atoms with Gasteiger partial charge >= 0.3 is 5.97 Å². The van der Waals surface area contributed by atoms with E-state index in [2.05, 4.69) is 10.4 Å². The molecule has 1 aromatic heterocycles. The number of anilines is 1. The first-order chi connectivity index (χ1) is 13.4. The maximum absolute atomic E-state index is 13.4. The van der Waals surface area contributed by atoms with E-state index in [1.807, 2.05) is 13.0 Å². The van der Waals surface area contributed by atoms with Crippen molar-refractivity contribution in [3.63, 3.8) is 0 Å². The Kier molecular flexibility index (Phi) is 4.30. The number of carbonyl (C=O) groups excluding carboxylic acids is 3. The summed E-state index contributed by atoms with van der Waals surface area (Å²) in [5.74, 6) is -2.79. The van der Waals surface area contributed by atoms with Gasteiger partial charge in [0.05, 0.1) is 30.8 Å². The molecule has 1 aromatic carbocycles. The number of rotatable bonds is 4. The Labute approximate surface area is 162 Å². The van der Waals surface area contributed by atoms with Gasteiger partial charge in [-0.1, -0.05) is 25.1 Å². The van der Waals surface area contributed by atoms with Crippen LogP contribution in [0.1, 0.15) is 24.9 Å². The standard InChI is InChI=1S/C20H22N4O4/c1-4-20(19(27)28-3)15-14(16(22-20)12-10-21-23(2)11-12)17(25)24(18(15)26)13-8-6-5-7-9-13/h5-11,14-16,22H,4H2,1-3H3/t14-,15-,16-,20-/m1/s1. The summed E-state index contributed by atoms with van der Waals surface area (Å²) >= 11 is 0. The quantitative estimate of drug-likeness (QED) is 0.631. The van der Waals surface area contributed by atoms with Crippen molar-refractivity contribution in [1.82, 2.24) is 15.1 Å². The summed E-state index contributed by atoms with van der Waals surface area (Å²) < 4.78 is 6.68. The molecule has 28 heavy (non-hydrogen) atoms. The van der Waals surface area contributed by atoms with Gasteiger partial charge in [0.2, 0.25) is 11.8 Å². The van der Waals surface area contributed by atoms with Crippen LogP contribution in [0, 0.1) is 11.8 Å². The molecule has 0 unspecified atom stereocenters. The van der Waals surface area contributed by atoms with Crippen LogP contribution in [0.4, 0.5) is 5.69 Å². The second-order valence-corrected chi connectivity index (χ2v) is 7.24. The molecule has 2 aliphatic heterocycles. The lowest BCUT2D eigenvalue weighted by Crippen LogP contribution is -2.55. The van der Waals surface area contributed by atoms with Gasteiger partial charge in [0.15, 0.2) is 0 Å². The van der Waals surface area contributed by atoms with Gasteiger partial charge in [-0.05, 0) is 18.6 Å². The molecule has 2 fully saturated rings. The molecule has 4 atom stereocenters. The summed E-state index contributed by atoms with van der Waals surface area (Å²) in [7, 11) is 3.07. The van der Waals surface area contributed by atoms with Gasteiger partial charge in [0.25, 0.3) is 0 Å². The fraction of sp³-hybridized carbons (Fsp3) is 0.400. The lowest BCUT2D eigenvalue weighted by Gasteiger charge is -2.31. The molecule has 8 nitrogen and oxygen atoms in total. The minimum atomic E-state index is -1.27. The number of hydrogen-bond acceptors (Lipinski definition) is 6. The number of aromatic nitrogens is 2. The van der Waals surface area contributed by atoms with Gasteiger partial charge < -0.3 is 4.74 Å². The third-order valence-electron chi connectivity index (χ3n) is 5.86. The summed E-state index contributed by atoms with van der Waals surface area (Å²) in [4.78, 5) is 40.8. The molecule has 0 spiro atoms. The first-order valence-corrected chi connectivity index (χ1v) is 9.22. The monoisotopic (exact) mass is 382 g/mol. The van der Waals surface area contributed by atoms with Crippen LogP contribution in [-0.4, -0.2) is 40.2 Å². The lowest BCUT2D eigenvalue weighted by atomic mass is 9.78. The van der Waals surface area contributed by atoms with Gasteiger partial charge in [0, 0.05) is 24.8 Å². The number of aryl methyl sites for hydroxylation is 1. The number of hydrogen-bond donors (Lipinski definition) is 1. The lowest BCUT2D eigenvalue weighted by molar-refractivity contribution is -0.152. The summed E-state index contributed by atoms with van der Waals surface area (Å²) in [6.07, 6.45) is 3.76. The molecule has 0 aliphatic carbocycles. The van der Waals surface area contributed by atoms with Crippen LogP contribution in [0.5, 0.6) is 0 Å². The van der Waals surface area contributed by atoms with E-state index in [0.29, 0.717) is 12.1 Å². The molecule has 0 radical (unpaired) electrons. The first kappa shape index (κ1) is 18.4. The molecule has 3 heterocycles. The molecule has 4 rings (SSSR count). The third kappa shape index (κ3) is 2.41. The summed E-state index contributed by atoms with van der Waals surface area (Å²) in [6, 6.07) is 8.29. The molecular weight excluding hydrogens is 360 g/mol. The molecule has 146 valence electrons. The molecule has 2 saturated heterocycles. The Bertz CT molecular complexity index is 941. The second-order valence-electron chi connectivity index (χ2n) is 7.24. The van der Waals surface area contributed by atoms with Gasteiger partial charge in [-0.2, -0.15) is 5.10 Å². The first-order valence-electron chi connectivity index (χ1n) is 9.22. The normalized spacial score (nSPS) is 29.2. The van der Waals surface area contributed by atoms with Crippen LogP contribution in [0.3, 0.4) is 0 Å².